The number of ether oxygens (including phenoxy) is 1. The lowest BCUT2D eigenvalue weighted by molar-refractivity contribution is 0.323. The molecule has 2 aromatic carbocycles. The number of para-hydroxylation sites is 1. The van der Waals surface area contributed by atoms with Crippen LogP contribution in [0.1, 0.15) is 0 Å². The first-order valence-electron chi connectivity index (χ1n) is 6.33. The van der Waals surface area contributed by atoms with Crippen molar-refractivity contribution in [3.63, 3.8) is 0 Å². The molecule has 0 aromatic heterocycles. The van der Waals surface area contributed by atoms with Gasteiger partial charge in [0.05, 0.1) is 11.6 Å². The van der Waals surface area contributed by atoms with Gasteiger partial charge in [0.15, 0.2) is 5.11 Å². The normalized spacial score (nSPS) is 10.0. The quantitative estimate of drug-likeness (QED) is 0.625. The van der Waals surface area contributed by atoms with Gasteiger partial charge >= 0.3 is 0 Å². The predicted octanol–water partition coefficient (Wildman–Crippen LogP) is 4.36. The molecule has 0 unspecified atom stereocenters. The Morgan fingerprint density at radius 3 is 2.48 bits per heavy atom. The molecule has 0 atom stereocenters. The minimum absolute atomic E-state index is 0.464. The minimum Gasteiger partial charge on any atom is -0.490 e. The van der Waals surface area contributed by atoms with Crippen LogP contribution in [0.5, 0.6) is 5.75 Å². The van der Waals surface area contributed by atoms with E-state index in [9.17, 15) is 0 Å². The molecule has 0 fully saturated rings. The van der Waals surface area contributed by atoms with E-state index < -0.39 is 0 Å². The van der Waals surface area contributed by atoms with Crippen LogP contribution in [0.2, 0.25) is 10.0 Å². The molecule has 2 rings (SSSR count). The zero-order valence-corrected chi connectivity index (χ0v) is 13.4. The van der Waals surface area contributed by atoms with Crippen LogP contribution in [0.4, 0.5) is 5.69 Å². The zero-order valence-electron chi connectivity index (χ0n) is 11.1. The average Bonchev–Trinajstić information content (AvgIpc) is 2.48. The second kappa shape index (κ2) is 8.08. The van der Waals surface area contributed by atoms with Crippen LogP contribution < -0.4 is 15.4 Å². The first-order valence-corrected chi connectivity index (χ1v) is 7.49. The van der Waals surface area contributed by atoms with E-state index in [1.54, 1.807) is 18.2 Å². The van der Waals surface area contributed by atoms with Gasteiger partial charge < -0.3 is 15.4 Å². The van der Waals surface area contributed by atoms with Crippen LogP contribution in [0.3, 0.4) is 0 Å². The number of hydrogen-bond acceptors (Lipinski definition) is 2. The van der Waals surface area contributed by atoms with Crippen molar-refractivity contribution < 1.29 is 4.74 Å². The number of benzene rings is 2. The summed E-state index contributed by atoms with van der Waals surface area (Å²) >= 11 is 17.0. The van der Waals surface area contributed by atoms with Crippen LogP contribution in [-0.4, -0.2) is 18.3 Å². The summed E-state index contributed by atoms with van der Waals surface area (Å²) in [5.41, 5.74) is 0.879. The molecule has 0 aliphatic heterocycles. The molecule has 3 nitrogen and oxygen atoms in total. The Balaban J connectivity index is 1.70. The van der Waals surface area contributed by atoms with Gasteiger partial charge in [0.2, 0.25) is 0 Å². The molecule has 2 N–H and O–H groups in total. The lowest BCUT2D eigenvalue weighted by Crippen LogP contribution is -2.31. The van der Waals surface area contributed by atoms with Crippen LogP contribution in [0, 0.1) is 0 Å². The van der Waals surface area contributed by atoms with E-state index in [4.69, 9.17) is 40.2 Å². The van der Waals surface area contributed by atoms with E-state index in [1.165, 1.54) is 0 Å². The predicted molar refractivity (Wildman–Crippen MR) is 92.6 cm³/mol. The molecule has 21 heavy (non-hydrogen) atoms. The highest BCUT2D eigenvalue weighted by molar-refractivity contribution is 7.80. The van der Waals surface area contributed by atoms with Gasteiger partial charge in [-0.25, -0.2) is 0 Å². The van der Waals surface area contributed by atoms with Crippen molar-refractivity contribution in [3.8, 4) is 5.75 Å². The molecule has 0 heterocycles. The number of rotatable bonds is 5. The molecule has 0 aliphatic rings. The molecule has 0 bridgehead atoms. The topological polar surface area (TPSA) is 33.3 Å². The van der Waals surface area contributed by atoms with Gasteiger partial charge in [-0.1, -0.05) is 35.3 Å². The number of hydrogen-bond donors (Lipinski definition) is 2. The molecule has 0 aliphatic carbocycles. The third-order valence-electron chi connectivity index (χ3n) is 2.58. The van der Waals surface area contributed by atoms with Crippen LogP contribution in [0.15, 0.2) is 48.5 Å². The number of nitrogens with one attached hydrogen (secondary N) is 2. The Hall–Kier alpha value is -1.49. The van der Waals surface area contributed by atoms with E-state index in [0.717, 1.165) is 5.69 Å². The Morgan fingerprint density at radius 2 is 1.76 bits per heavy atom. The van der Waals surface area contributed by atoms with E-state index in [2.05, 4.69) is 10.6 Å². The summed E-state index contributed by atoms with van der Waals surface area (Å²) in [6.45, 7) is 1.04. The fourth-order valence-electron chi connectivity index (χ4n) is 1.60. The summed E-state index contributed by atoms with van der Waals surface area (Å²) < 4.78 is 5.55. The molecule has 0 amide bonds. The maximum absolute atomic E-state index is 5.99. The standard InChI is InChI=1S/C15H14Cl2N2OS/c16-11-5-7-12(8-6-11)19-15(21)18-9-10-20-14-4-2-1-3-13(14)17/h1-8H,9-10H2,(H2,18,19,21). The lowest BCUT2D eigenvalue weighted by Gasteiger charge is -2.12. The molecule has 0 saturated heterocycles. The van der Waals surface area contributed by atoms with Crippen molar-refractivity contribution in [2.45, 2.75) is 0 Å². The van der Waals surface area contributed by atoms with Gasteiger partial charge in [-0.2, -0.15) is 0 Å². The van der Waals surface area contributed by atoms with Gasteiger partial charge in [0.1, 0.15) is 12.4 Å². The van der Waals surface area contributed by atoms with Crippen LogP contribution >= 0.6 is 35.4 Å². The Kier molecular flexibility index (Phi) is 6.11. The van der Waals surface area contributed by atoms with Crippen LogP contribution in [0.25, 0.3) is 0 Å². The van der Waals surface area contributed by atoms with Crippen molar-refractivity contribution in [2.24, 2.45) is 0 Å². The second-order valence-electron chi connectivity index (χ2n) is 4.17. The third-order valence-corrected chi connectivity index (χ3v) is 3.39. The molecule has 0 spiro atoms. The summed E-state index contributed by atoms with van der Waals surface area (Å²) in [4.78, 5) is 0. The van der Waals surface area contributed by atoms with E-state index in [0.29, 0.717) is 34.1 Å². The van der Waals surface area contributed by atoms with Gasteiger partial charge in [-0.15, -0.1) is 0 Å². The highest BCUT2D eigenvalue weighted by Crippen LogP contribution is 2.22. The summed E-state index contributed by atoms with van der Waals surface area (Å²) in [5, 5.41) is 7.93. The highest BCUT2D eigenvalue weighted by atomic mass is 35.5. The molecule has 0 saturated carbocycles. The maximum atomic E-state index is 5.99. The average molecular weight is 341 g/mol. The molecule has 0 radical (unpaired) electrons. The first-order chi connectivity index (χ1) is 10.1. The SMILES string of the molecule is S=C(NCCOc1ccccc1Cl)Nc1ccc(Cl)cc1. The fourth-order valence-corrected chi connectivity index (χ4v) is 2.13. The van der Waals surface area contributed by atoms with Gasteiger partial charge in [-0.05, 0) is 48.6 Å². The van der Waals surface area contributed by atoms with E-state index >= 15 is 0 Å². The third kappa shape index (κ3) is 5.42. The van der Waals surface area contributed by atoms with Gasteiger partial charge in [0, 0.05) is 10.7 Å². The van der Waals surface area contributed by atoms with Gasteiger partial charge in [-0.3, -0.25) is 0 Å². The number of anilines is 1. The van der Waals surface area contributed by atoms with Crippen molar-refractivity contribution in [1.29, 1.82) is 0 Å². The van der Waals surface area contributed by atoms with E-state index in [-0.39, 0.29) is 0 Å². The smallest absolute Gasteiger partial charge is 0.170 e. The lowest BCUT2D eigenvalue weighted by atomic mass is 10.3. The summed E-state index contributed by atoms with van der Waals surface area (Å²) in [5.74, 6) is 0.664. The Labute approximate surface area is 139 Å². The monoisotopic (exact) mass is 340 g/mol. The molecule has 110 valence electrons. The first kappa shape index (κ1) is 15.9. The van der Waals surface area contributed by atoms with Gasteiger partial charge in [0.25, 0.3) is 0 Å². The molecular formula is C15H14Cl2N2OS. The molecular weight excluding hydrogens is 327 g/mol. The van der Waals surface area contributed by atoms with Crippen molar-refractivity contribution in [1.82, 2.24) is 5.32 Å². The molecule has 6 heteroatoms. The minimum atomic E-state index is 0.464. The molecule has 2 aromatic rings. The Bertz CT molecular complexity index is 605. The van der Waals surface area contributed by atoms with E-state index in [1.807, 2.05) is 30.3 Å². The van der Waals surface area contributed by atoms with Crippen molar-refractivity contribution in [2.75, 3.05) is 18.5 Å². The number of halogens is 2. The summed E-state index contributed by atoms with van der Waals surface area (Å²) in [6, 6.07) is 14.7. The highest BCUT2D eigenvalue weighted by Gasteiger charge is 2.00. The fraction of sp³-hybridized carbons (Fsp3) is 0.133. The maximum Gasteiger partial charge on any atom is 0.170 e. The summed E-state index contributed by atoms with van der Waals surface area (Å²) in [7, 11) is 0. The second-order valence-corrected chi connectivity index (χ2v) is 5.42. The summed E-state index contributed by atoms with van der Waals surface area (Å²) in [6.07, 6.45) is 0. The number of thiocarbonyl (C=S) groups is 1. The largest absolute Gasteiger partial charge is 0.490 e. The zero-order chi connectivity index (χ0) is 15.1. The Morgan fingerprint density at radius 1 is 1.05 bits per heavy atom. The van der Waals surface area contributed by atoms with Crippen molar-refractivity contribution >= 4 is 46.2 Å². The van der Waals surface area contributed by atoms with Crippen molar-refractivity contribution in [3.05, 3.63) is 58.6 Å². The van der Waals surface area contributed by atoms with Crippen LogP contribution in [-0.2, 0) is 0 Å².